The average Bonchev–Trinajstić information content (AvgIpc) is 3.59. The van der Waals surface area contributed by atoms with Gasteiger partial charge in [0.15, 0.2) is 0 Å². The third kappa shape index (κ3) is 3.29. The molecule has 4 aromatic carbocycles. The Kier molecular flexibility index (Phi) is 4.99. The van der Waals surface area contributed by atoms with E-state index < -0.39 is 11.8 Å². The van der Waals surface area contributed by atoms with Gasteiger partial charge in [0.05, 0.1) is 35.3 Å². The van der Waals surface area contributed by atoms with Crippen LogP contribution in [-0.2, 0) is 16.1 Å². The van der Waals surface area contributed by atoms with Gasteiger partial charge in [-0.2, -0.15) is 5.10 Å². The van der Waals surface area contributed by atoms with Crippen molar-refractivity contribution in [3.63, 3.8) is 0 Å². The maximum Gasteiger partial charge on any atom is 0.261 e. The number of fused-ring (bicyclic) bond motifs is 3. The van der Waals surface area contributed by atoms with Crippen molar-refractivity contribution < 1.29 is 14.7 Å². The summed E-state index contributed by atoms with van der Waals surface area (Å²) in [6, 6.07) is 29.8. The number of rotatable bonds is 5. The van der Waals surface area contributed by atoms with E-state index in [0.29, 0.717) is 16.8 Å². The fourth-order valence-electron chi connectivity index (χ4n) is 5.43. The predicted molar refractivity (Wildman–Crippen MR) is 148 cm³/mol. The highest BCUT2D eigenvalue weighted by Gasteiger charge is 2.36. The van der Waals surface area contributed by atoms with Gasteiger partial charge in [0.25, 0.3) is 11.8 Å². The van der Waals surface area contributed by atoms with Crippen LogP contribution in [0.1, 0.15) is 11.3 Å². The fraction of sp³-hybridized carbons (Fsp3) is 0.0645. The molecule has 1 aliphatic heterocycles. The second kappa shape index (κ2) is 8.54. The first-order valence-electron chi connectivity index (χ1n) is 12.4. The molecule has 7 nitrogen and oxygen atoms in total. The molecular weight excluding hydrogens is 476 g/mol. The van der Waals surface area contributed by atoms with E-state index >= 15 is 0 Å². The van der Waals surface area contributed by atoms with E-state index in [2.05, 4.69) is 45.3 Å². The zero-order chi connectivity index (χ0) is 25.8. The molecule has 3 heterocycles. The smallest absolute Gasteiger partial charge is 0.261 e. The number of carbonyl (C=O) groups excluding carboxylic acids is 2. The number of carbonyl (C=O) groups is 2. The van der Waals surface area contributed by atoms with Crippen LogP contribution in [0, 0.1) is 0 Å². The second-order valence-corrected chi connectivity index (χ2v) is 9.31. The van der Waals surface area contributed by atoms with E-state index in [4.69, 9.17) is 0 Å². The van der Waals surface area contributed by atoms with Crippen molar-refractivity contribution in [1.82, 2.24) is 19.7 Å². The molecule has 0 unspecified atom stereocenters. The molecule has 1 aliphatic rings. The van der Waals surface area contributed by atoms with Gasteiger partial charge in [-0.1, -0.05) is 66.7 Å². The lowest BCUT2D eigenvalue weighted by Gasteiger charge is -2.07. The molecule has 2 amide bonds. The summed E-state index contributed by atoms with van der Waals surface area (Å²) in [5, 5.41) is 20.6. The first-order valence-corrected chi connectivity index (χ1v) is 12.4. The number of nitrogens with one attached hydrogen (secondary N) is 1. The Bertz CT molecular complexity index is 1960. The average molecular weight is 499 g/mol. The third-order valence-corrected chi connectivity index (χ3v) is 7.13. The number of aliphatic hydroxyl groups is 1. The van der Waals surface area contributed by atoms with Gasteiger partial charge in [0.1, 0.15) is 5.69 Å². The van der Waals surface area contributed by atoms with Crippen molar-refractivity contribution in [3.05, 3.63) is 108 Å². The van der Waals surface area contributed by atoms with Gasteiger partial charge in [-0.05, 0) is 35.0 Å². The molecule has 0 saturated heterocycles. The molecule has 0 spiro atoms. The minimum atomic E-state index is -0.480. The largest absolute Gasteiger partial charge is 0.394 e. The standard InChI is InChI=1S/C31H22N4O3/c36-16-15-35-26-12-6-4-10-23(26)29(33-35)28-27(30(37)32-31(28)38)24-18-34(25-11-5-3-9-22(24)25)21-14-13-19-7-1-2-8-20(19)17-21/h1-14,17-18,36H,15-16H2,(H,32,37,38). The molecule has 7 heteroatoms. The van der Waals surface area contributed by atoms with Crippen LogP contribution in [0.15, 0.2) is 97.2 Å². The molecule has 0 fully saturated rings. The highest BCUT2D eigenvalue weighted by atomic mass is 16.3. The third-order valence-electron chi connectivity index (χ3n) is 7.13. The highest BCUT2D eigenvalue weighted by Crippen LogP contribution is 2.38. The number of aromatic nitrogens is 3. The number of benzene rings is 4. The van der Waals surface area contributed by atoms with Crippen LogP contribution in [0.2, 0.25) is 0 Å². The van der Waals surface area contributed by atoms with Crippen molar-refractivity contribution in [2.24, 2.45) is 0 Å². The first kappa shape index (κ1) is 22.2. The van der Waals surface area contributed by atoms with E-state index in [1.54, 1.807) is 4.68 Å². The minimum absolute atomic E-state index is 0.0958. The zero-order valence-corrected chi connectivity index (χ0v) is 20.3. The van der Waals surface area contributed by atoms with E-state index in [-0.39, 0.29) is 18.7 Å². The molecule has 0 aliphatic carbocycles. The summed E-state index contributed by atoms with van der Waals surface area (Å²) in [6.45, 7) is 0.182. The lowest BCUT2D eigenvalue weighted by Crippen LogP contribution is -2.22. The van der Waals surface area contributed by atoms with Gasteiger partial charge in [-0.25, -0.2) is 0 Å². The Labute approximate surface area is 217 Å². The van der Waals surface area contributed by atoms with Crippen molar-refractivity contribution in [2.75, 3.05) is 6.61 Å². The summed E-state index contributed by atoms with van der Waals surface area (Å²) >= 11 is 0. The molecule has 2 N–H and O–H groups in total. The Morgan fingerprint density at radius 2 is 1.42 bits per heavy atom. The summed E-state index contributed by atoms with van der Waals surface area (Å²) in [5.41, 5.74) is 4.29. The summed E-state index contributed by atoms with van der Waals surface area (Å²) in [6.07, 6.45) is 1.93. The summed E-state index contributed by atoms with van der Waals surface area (Å²) in [5.74, 6) is -0.931. The Hall–Kier alpha value is -5.01. The monoisotopic (exact) mass is 498 g/mol. The van der Waals surface area contributed by atoms with Gasteiger partial charge in [-0.3, -0.25) is 19.6 Å². The molecule has 6 aromatic rings. The molecule has 0 saturated carbocycles. The number of para-hydroxylation sites is 2. The number of nitrogens with zero attached hydrogens (tertiary/aromatic N) is 3. The molecule has 7 rings (SSSR count). The molecular formula is C31H22N4O3. The first-order chi connectivity index (χ1) is 18.6. The lowest BCUT2D eigenvalue weighted by atomic mass is 9.97. The van der Waals surface area contributed by atoms with Gasteiger partial charge in [0.2, 0.25) is 0 Å². The van der Waals surface area contributed by atoms with Crippen molar-refractivity contribution in [2.45, 2.75) is 6.54 Å². The van der Waals surface area contributed by atoms with Gasteiger partial charge in [0, 0.05) is 28.2 Å². The van der Waals surface area contributed by atoms with Crippen LogP contribution in [0.4, 0.5) is 0 Å². The quantitative estimate of drug-likeness (QED) is 0.338. The van der Waals surface area contributed by atoms with Crippen LogP contribution in [0.25, 0.3) is 49.4 Å². The number of aliphatic hydroxyl groups excluding tert-OH is 1. The van der Waals surface area contributed by atoms with Crippen LogP contribution in [0.3, 0.4) is 0 Å². The van der Waals surface area contributed by atoms with Crippen molar-refractivity contribution in [3.8, 4) is 5.69 Å². The SMILES string of the molecule is O=C1NC(=O)C(c2nn(CCO)c3ccccc23)=C1c1cn(-c2ccc3ccccc3c2)c2ccccc12. The number of hydrogen-bond acceptors (Lipinski definition) is 4. The molecule has 38 heavy (non-hydrogen) atoms. The molecule has 2 aromatic heterocycles. The molecule has 184 valence electrons. The Morgan fingerprint density at radius 1 is 0.737 bits per heavy atom. The van der Waals surface area contributed by atoms with Gasteiger partial charge >= 0.3 is 0 Å². The van der Waals surface area contributed by atoms with E-state index in [9.17, 15) is 14.7 Å². The molecule has 0 atom stereocenters. The molecule has 0 bridgehead atoms. The van der Waals surface area contributed by atoms with Crippen molar-refractivity contribution >= 4 is 55.5 Å². The Balaban J connectivity index is 1.50. The van der Waals surface area contributed by atoms with Crippen LogP contribution in [-0.4, -0.2) is 37.9 Å². The van der Waals surface area contributed by atoms with Crippen LogP contribution < -0.4 is 5.32 Å². The summed E-state index contributed by atoms with van der Waals surface area (Å²) in [4.78, 5) is 26.6. The number of imide groups is 1. The van der Waals surface area contributed by atoms with Gasteiger partial charge < -0.3 is 9.67 Å². The maximum atomic E-state index is 13.3. The lowest BCUT2D eigenvalue weighted by molar-refractivity contribution is -0.122. The predicted octanol–water partition coefficient (Wildman–Crippen LogP) is 4.69. The highest BCUT2D eigenvalue weighted by molar-refractivity contribution is 6.50. The maximum absolute atomic E-state index is 13.3. The van der Waals surface area contributed by atoms with Crippen LogP contribution >= 0.6 is 0 Å². The summed E-state index contributed by atoms with van der Waals surface area (Å²) < 4.78 is 3.73. The van der Waals surface area contributed by atoms with Crippen LogP contribution in [0.5, 0.6) is 0 Å². The molecule has 0 radical (unpaired) electrons. The minimum Gasteiger partial charge on any atom is -0.394 e. The Morgan fingerprint density at radius 3 is 2.24 bits per heavy atom. The summed E-state index contributed by atoms with van der Waals surface area (Å²) in [7, 11) is 0. The fourth-order valence-corrected chi connectivity index (χ4v) is 5.43. The van der Waals surface area contributed by atoms with E-state index in [1.165, 1.54) is 0 Å². The normalized spacial score (nSPS) is 13.8. The van der Waals surface area contributed by atoms with E-state index in [0.717, 1.165) is 38.3 Å². The van der Waals surface area contributed by atoms with E-state index in [1.807, 2.05) is 66.9 Å². The van der Waals surface area contributed by atoms with Crippen molar-refractivity contribution in [1.29, 1.82) is 0 Å². The number of amides is 2. The second-order valence-electron chi connectivity index (χ2n) is 9.31. The number of hydrogen-bond donors (Lipinski definition) is 2. The zero-order valence-electron chi connectivity index (χ0n) is 20.3. The van der Waals surface area contributed by atoms with Gasteiger partial charge in [-0.15, -0.1) is 0 Å². The topological polar surface area (TPSA) is 89.2 Å².